The molecule has 1 saturated heterocycles. The average Bonchev–Trinajstić information content (AvgIpc) is 3.58. The topological polar surface area (TPSA) is 81.7 Å². The Labute approximate surface area is 413 Å². The largest absolute Gasteiger partial charge is 0.467 e. The van der Waals surface area contributed by atoms with Crippen molar-refractivity contribution in [1.29, 1.82) is 0 Å². The van der Waals surface area contributed by atoms with Crippen LogP contribution in [0.3, 0.4) is 0 Å². The molecule has 1 unspecified atom stereocenters. The second kappa shape index (κ2) is 22.9. The molecule has 0 saturated carbocycles. The summed E-state index contributed by atoms with van der Waals surface area (Å²) in [6.07, 6.45) is 7.71. The molecule has 5 atom stereocenters. The van der Waals surface area contributed by atoms with E-state index in [1.54, 1.807) is 7.11 Å². The zero-order chi connectivity index (χ0) is 50.1. The molecule has 0 radical (unpaired) electrons. The maximum absolute atomic E-state index is 14.2. The fourth-order valence-electron chi connectivity index (χ4n) is 8.51. The number of carbonyl (C=O) groups is 1. The first-order valence-corrected chi connectivity index (χ1v) is 33.0. The molecule has 5 rings (SSSR count). The van der Waals surface area contributed by atoms with Gasteiger partial charge in [0.25, 0.3) is 8.32 Å². The monoisotopic (exact) mass is 979 g/mol. The van der Waals surface area contributed by atoms with E-state index in [-0.39, 0.29) is 35.0 Å². The molecule has 1 aliphatic rings. The SMILES string of the molecule is COCOc1ccc(-c2ccccc2)c(/C=C/C[C@@H]2OC(C)(C)O[C@@H]2C(/C=C\[C@@H](C)[C@H](C)O[Si](c2ccccc2)(c2ccccc2)C(C)(C)C)O[Si](C)(C)C(C)(C)C)c1C(=O)OCC[Si](C)(C)C. The van der Waals surface area contributed by atoms with Gasteiger partial charge in [0.05, 0.1) is 18.8 Å². The van der Waals surface area contributed by atoms with E-state index in [4.69, 9.17) is 32.5 Å². The molecule has 0 bridgehead atoms. The van der Waals surface area contributed by atoms with Crippen molar-refractivity contribution in [3.63, 3.8) is 0 Å². The van der Waals surface area contributed by atoms with E-state index in [1.807, 2.05) is 62.4 Å². The van der Waals surface area contributed by atoms with Gasteiger partial charge in [-0.1, -0.05) is 189 Å². The van der Waals surface area contributed by atoms with Crippen molar-refractivity contribution in [2.45, 2.75) is 155 Å². The summed E-state index contributed by atoms with van der Waals surface area (Å²) in [5.41, 5.74) is 2.92. The van der Waals surface area contributed by atoms with Crippen LogP contribution in [0.15, 0.2) is 121 Å². The maximum Gasteiger partial charge on any atom is 0.342 e. The molecule has 1 fully saturated rings. The van der Waals surface area contributed by atoms with Crippen LogP contribution >= 0.6 is 0 Å². The molecule has 4 aromatic rings. The van der Waals surface area contributed by atoms with Crippen LogP contribution < -0.4 is 15.1 Å². The van der Waals surface area contributed by atoms with Gasteiger partial charge in [0, 0.05) is 26.9 Å². The number of ether oxygens (including phenoxy) is 5. The van der Waals surface area contributed by atoms with Crippen molar-refractivity contribution in [3.05, 3.63) is 132 Å². The highest BCUT2D eigenvalue weighted by atomic mass is 28.4. The minimum Gasteiger partial charge on any atom is -0.467 e. The van der Waals surface area contributed by atoms with Crippen LogP contribution in [0.2, 0.25) is 48.9 Å². The van der Waals surface area contributed by atoms with E-state index in [1.165, 1.54) is 10.4 Å². The lowest BCUT2D eigenvalue weighted by atomic mass is 9.93. The van der Waals surface area contributed by atoms with Gasteiger partial charge >= 0.3 is 5.97 Å². The summed E-state index contributed by atoms with van der Waals surface area (Å²) in [6.45, 7) is 33.8. The van der Waals surface area contributed by atoms with Crippen LogP contribution in [0.1, 0.15) is 91.6 Å². The quantitative estimate of drug-likeness (QED) is 0.0353. The highest BCUT2D eigenvalue weighted by molar-refractivity contribution is 6.99. The average molecular weight is 980 g/mol. The van der Waals surface area contributed by atoms with E-state index in [0.717, 1.165) is 17.2 Å². The first-order valence-electron chi connectivity index (χ1n) is 24.5. The van der Waals surface area contributed by atoms with Crippen molar-refractivity contribution < 1.29 is 37.3 Å². The van der Waals surface area contributed by atoms with Gasteiger partial charge in [0.15, 0.2) is 20.9 Å². The molecular weight excluding hydrogens is 897 g/mol. The van der Waals surface area contributed by atoms with E-state index in [9.17, 15) is 4.79 Å². The minimum atomic E-state index is -2.81. The van der Waals surface area contributed by atoms with Crippen molar-refractivity contribution in [2.24, 2.45) is 5.92 Å². The Balaban J connectivity index is 1.53. The van der Waals surface area contributed by atoms with Crippen molar-refractivity contribution in [2.75, 3.05) is 20.5 Å². The number of hydrogen-bond donors (Lipinski definition) is 0. The fraction of sp³-hybridized carbons (Fsp3) is 0.491. The molecule has 8 nitrogen and oxygen atoms in total. The summed E-state index contributed by atoms with van der Waals surface area (Å²) in [7, 11) is -5.07. The molecule has 0 amide bonds. The fourth-order valence-corrected chi connectivity index (χ4v) is 15.3. The van der Waals surface area contributed by atoms with Crippen molar-refractivity contribution in [3.8, 4) is 16.9 Å². The van der Waals surface area contributed by atoms with Gasteiger partial charge < -0.3 is 32.5 Å². The minimum absolute atomic E-state index is 0.0147. The van der Waals surface area contributed by atoms with E-state index in [2.05, 4.69) is 167 Å². The van der Waals surface area contributed by atoms with E-state index < -0.39 is 48.7 Å². The van der Waals surface area contributed by atoms with Crippen molar-refractivity contribution in [1.82, 2.24) is 0 Å². The van der Waals surface area contributed by atoms with Gasteiger partial charge in [-0.3, -0.25) is 0 Å². The van der Waals surface area contributed by atoms with Crippen LogP contribution in [-0.2, 0) is 27.8 Å². The summed E-state index contributed by atoms with van der Waals surface area (Å²) >= 11 is 0. The maximum atomic E-state index is 14.2. The number of benzene rings is 4. The first kappa shape index (κ1) is 55.0. The Hall–Kier alpha value is -3.92. The summed E-state index contributed by atoms with van der Waals surface area (Å²) in [6, 6.07) is 36.4. The highest BCUT2D eigenvalue weighted by Crippen LogP contribution is 2.42. The van der Waals surface area contributed by atoms with Crippen LogP contribution in [-0.4, -0.2) is 81.4 Å². The molecule has 68 heavy (non-hydrogen) atoms. The Bertz CT molecular complexity index is 2240. The number of rotatable bonds is 21. The standard InChI is InChI=1S/C57H82O8Si3/c1-42(43(2)64-68(56(6,7)8,45-29-22-18-23-30-45)46-31-24-19-25-32-46)35-37-51(65-67(15,16)55(3,4)5)53-50(62-57(9,10)63-53)34-26-33-48-47(44-27-20-17-21-28-44)36-38-49(61-41-59-11)52(48)54(58)60-39-40-66(12,13)14/h17-33,35-38,42-43,50-51,53H,34,39-41H2,1-16H3/b33-26+,37-35-/t42-,43+,50+,51?,53+/m1/s1. The van der Waals surface area contributed by atoms with Crippen LogP contribution in [0, 0.1) is 5.92 Å². The zero-order valence-corrected chi connectivity index (χ0v) is 47.1. The number of methoxy groups -OCH3 is 1. The molecule has 1 aliphatic heterocycles. The molecule has 11 heteroatoms. The number of esters is 1. The lowest BCUT2D eigenvalue weighted by Gasteiger charge is -2.45. The van der Waals surface area contributed by atoms with Gasteiger partial charge in [-0.05, 0) is 89.9 Å². The summed E-state index contributed by atoms with van der Waals surface area (Å²) < 4.78 is 45.9. The third-order valence-corrected chi connectivity index (χ3v) is 24.8. The molecule has 4 aromatic carbocycles. The summed E-state index contributed by atoms with van der Waals surface area (Å²) in [5, 5.41) is 2.30. The molecule has 1 heterocycles. The third kappa shape index (κ3) is 13.9. The Kier molecular flexibility index (Phi) is 18.5. The smallest absolute Gasteiger partial charge is 0.342 e. The third-order valence-electron chi connectivity index (χ3n) is 13.5. The Morgan fingerprint density at radius 3 is 1.85 bits per heavy atom. The Morgan fingerprint density at radius 1 is 0.750 bits per heavy atom. The molecule has 0 N–H and O–H groups in total. The van der Waals surface area contributed by atoms with Gasteiger partial charge in [-0.25, -0.2) is 4.79 Å². The summed E-state index contributed by atoms with van der Waals surface area (Å²) in [5.74, 6) is -0.865. The predicted octanol–water partition coefficient (Wildman–Crippen LogP) is 13.3. The second-order valence-corrected chi connectivity index (χ2v) is 37.2. The predicted molar refractivity (Wildman–Crippen MR) is 289 cm³/mol. The first-order chi connectivity index (χ1) is 31.8. The van der Waals surface area contributed by atoms with E-state index in [0.29, 0.717) is 29.9 Å². The second-order valence-electron chi connectivity index (χ2n) is 22.6. The molecule has 0 aromatic heterocycles. The van der Waals surface area contributed by atoms with Crippen LogP contribution in [0.5, 0.6) is 5.75 Å². The lowest BCUT2D eigenvalue weighted by molar-refractivity contribution is -0.151. The molecule has 0 spiro atoms. The van der Waals surface area contributed by atoms with E-state index >= 15 is 0 Å². The Morgan fingerprint density at radius 2 is 1.32 bits per heavy atom. The van der Waals surface area contributed by atoms with Gasteiger partial charge in [-0.15, -0.1) is 0 Å². The van der Waals surface area contributed by atoms with Crippen molar-refractivity contribution >= 4 is 47.1 Å². The number of hydrogen-bond acceptors (Lipinski definition) is 8. The lowest BCUT2D eigenvalue weighted by Crippen LogP contribution is -2.67. The van der Waals surface area contributed by atoms with Crippen LogP contribution in [0.25, 0.3) is 17.2 Å². The zero-order valence-electron chi connectivity index (χ0n) is 44.1. The normalized spacial score (nSPS) is 18.5. The highest BCUT2D eigenvalue weighted by Gasteiger charge is 2.52. The molecular formula is C57H82O8Si3. The molecule has 0 aliphatic carbocycles. The van der Waals surface area contributed by atoms with Gasteiger partial charge in [-0.2, -0.15) is 0 Å². The van der Waals surface area contributed by atoms with Crippen LogP contribution in [0.4, 0.5) is 0 Å². The molecule has 370 valence electrons. The van der Waals surface area contributed by atoms with Gasteiger partial charge in [0.2, 0.25) is 0 Å². The van der Waals surface area contributed by atoms with Gasteiger partial charge in [0.1, 0.15) is 17.4 Å². The summed E-state index contributed by atoms with van der Waals surface area (Å²) in [4.78, 5) is 14.2. The number of carbonyl (C=O) groups excluding carboxylic acids is 1.